The molecule has 9 rings (SSSR count). The summed E-state index contributed by atoms with van der Waals surface area (Å²) in [5.74, 6) is 0. The number of anilines is 6. The number of hydrogen-bond acceptors (Lipinski definition) is 4. The van der Waals surface area contributed by atoms with E-state index in [0.29, 0.717) is 0 Å². The van der Waals surface area contributed by atoms with E-state index in [2.05, 4.69) is 148 Å². The van der Waals surface area contributed by atoms with Gasteiger partial charge in [-0.1, -0.05) is 103 Å². The van der Waals surface area contributed by atoms with Gasteiger partial charge in [-0.05, 0) is 65.2 Å². The first-order chi connectivity index (χ1) is 22.3. The summed E-state index contributed by atoms with van der Waals surface area (Å²) >= 11 is 0. The van der Waals surface area contributed by atoms with Gasteiger partial charge in [0.05, 0.1) is 28.9 Å². The summed E-state index contributed by atoms with van der Waals surface area (Å²) in [4.78, 5) is 9.12. The van der Waals surface area contributed by atoms with Crippen LogP contribution in [-0.2, 0) is 0 Å². The third kappa shape index (κ3) is 4.11. The van der Waals surface area contributed by atoms with Crippen LogP contribution < -0.4 is 9.80 Å². The molecule has 2 aromatic heterocycles. The Labute approximate surface area is 261 Å². The summed E-state index contributed by atoms with van der Waals surface area (Å²) in [5, 5.41) is 2.29. The van der Waals surface area contributed by atoms with E-state index < -0.39 is 0 Å². The molecule has 0 spiro atoms. The van der Waals surface area contributed by atoms with Crippen molar-refractivity contribution in [2.75, 3.05) is 9.80 Å². The Balaban J connectivity index is 1.07. The Kier molecular flexibility index (Phi) is 5.78. The van der Waals surface area contributed by atoms with Crippen molar-refractivity contribution < 1.29 is 4.42 Å². The molecular weight excluding hydrogens is 550 g/mol. The molecule has 0 radical (unpaired) electrons. The number of hydrogen-bond donors (Lipinski definition) is 0. The van der Waals surface area contributed by atoms with Crippen molar-refractivity contribution in [3.63, 3.8) is 0 Å². The molecule has 0 atom stereocenters. The van der Waals surface area contributed by atoms with E-state index in [-0.39, 0.29) is 0 Å². The van der Waals surface area contributed by atoms with Gasteiger partial charge < -0.3 is 14.2 Å². The van der Waals surface area contributed by atoms with Crippen molar-refractivity contribution in [3.8, 4) is 22.3 Å². The van der Waals surface area contributed by atoms with Crippen molar-refractivity contribution in [2.24, 2.45) is 0 Å². The van der Waals surface area contributed by atoms with Crippen molar-refractivity contribution in [2.45, 2.75) is 0 Å². The number of para-hydroxylation sites is 5. The van der Waals surface area contributed by atoms with Crippen LogP contribution in [0, 0.1) is 0 Å². The van der Waals surface area contributed by atoms with Gasteiger partial charge in [0, 0.05) is 33.9 Å². The topological polar surface area (TPSA) is 32.5 Å². The van der Waals surface area contributed by atoms with Gasteiger partial charge in [-0.3, -0.25) is 4.98 Å². The molecule has 4 heteroatoms. The summed E-state index contributed by atoms with van der Waals surface area (Å²) in [7, 11) is 0. The molecule has 8 aromatic rings. The monoisotopic (exact) mass is 577 g/mol. The Hall–Kier alpha value is -6.13. The maximum atomic E-state index is 6.29. The molecule has 6 aromatic carbocycles. The number of pyridine rings is 1. The van der Waals surface area contributed by atoms with Gasteiger partial charge in [0.25, 0.3) is 0 Å². The third-order valence-electron chi connectivity index (χ3n) is 8.70. The van der Waals surface area contributed by atoms with Crippen molar-refractivity contribution in [1.82, 2.24) is 4.98 Å². The Morgan fingerprint density at radius 2 is 1.00 bits per heavy atom. The first-order valence-electron chi connectivity index (χ1n) is 15.1. The number of rotatable bonds is 4. The van der Waals surface area contributed by atoms with Crippen LogP contribution in [0.25, 0.3) is 44.2 Å². The van der Waals surface area contributed by atoms with Gasteiger partial charge in [-0.15, -0.1) is 0 Å². The lowest BCUT2D eigenvalue weighted by atomic mass is 9.98. The predicted octanol–water partition coefficient (Wildman–Crippen LogP) is 11.6. The van der Waals surface area contributed by atoms with Crippen LogP contribution in [0.3, 0.4) is 0 Å². The molecule has 0 aliphatic carbocycles. The normalized spacial score (nSPS) is 12.4. The molecule has 0 N–H and O–H groups in total. The van der Waals surface area contributed by atoms with Crippen LogP contribution >= 0.6 is 0 Å². The van der Waals surface area contributed by atoms with Crippen LogP contribution in [0.15, 0.2) is 168 Å². The molecular formula is C41H27N3O. The average Bonchev–Trinajstić information content (AvgIpc) is 3.50. The van der Waals surface area contributed by atoms with E-state index in [4.69, 9.17) is 4.42 Å². The summed E-state index contributed by atoms with van der Waals surface area (Å²) < 4.78 is 6.29. The highest BCUT2D eigenvalue weighted by atomic mass is 16.3. The fraction of sp³-hybridized carbons (Fsp3) is 0. The number of fused-ring (bicyclic) bond motifs is 5. The van der Waals surface area contributed by atoms with Crippen LogP contribution in [0.2, 0.25) is 0 Å². The van der Waals surface area contributed by atoms with Crippen LogP contribution in [-0.4, -0.2) is 4.98 Å². The van der Waals surface area contributed by atoms with E-state index in [1.807, 2.05) is 30.6 Å². The van der Waals surface area contributed by atoms with Gasteiger partial charge in [0.15, 0.2) is 0 Å². The first-order valence-corrected chi connectivity index (χ1v) is 15.1. The summed E-state index contributed by atoms with van der Waals surface area (Å²) in [6.45, 7) is 0. The molecule has 0 saturated heterocycles. The molecule has 0 bridgehead atoms. The zero-order valence-electron chi connectivity index (χ0n) is 24.3. The molecule has 0 amide bonds. The smallest absolute Gasteiger partial charge is 0.143 e. The Morgan fingerprint density at radius 1 is 0.422 bits per heavy atom. The summed E-state index contributed by atoms with van der Waals surface area (Å²) in [5.41, 5.74) is 13.0. The minimum atomic E-state index is 0.916. The number of aromatic nitrogens is 1. The standard InChI is InChI=1S/C41H27N3O/c1-2-9-31(10-3-1)44-37-15-6-5-14-36(37)43(38-25-26-42-27-39(38)44)32-23-21-29(22-24-32)28-17-19-30(20-18-28)33-12-8-13-35-34-11-4-7-16-40(34)45-41(33)35/h1-27H. The van der Waals surface area contributed by atoms with Crippen molar-refractivity contribution in [3.05, 3.63) is 164 Å². The number of benzene rings is 6. The van der Waals surface area contributed by atoms with E-state index in [1.165, 1.54) is 11.1 Å². The fourth-order valence-corrected chi connectivity index (χ4v) is 6.60. The highest BCUT2D eigenvalue weighted by Crippen LogP contribution is 2.53. The zero-order valence-corrected chi connectivity index (χ0v) is 24.3. The molecule has 1 aliphatic rings. The highest BCUT2D eigenvalue weighted by molar-refractivity contribution is 6.09. The quantitative estimate of drug-likeness (QED) is 0.208. The SMILES string of the molecule is c1ccc(N2c3ccccc3N(c3ccc(-c4ccc(-c5cccc6c5oc5ccccc56)cc4)cc3)c3ccncc32)cc1. The minimum absolute atomic E-state index is 0.916. The molecule has 0 unspecified atom stereocenters. The highest BCUT2D eigenvalue weighted by Gasteiger charge is 2.30. The van der Waals surface area contributed by atoms with E-state index in [0.717, 1.165) is 67.2 Å². The van der Waals surface area contributed by atoms with Crippen molar-refractivity contribution in [1.29, 1.82) is 0 Å². The fourth-order valence-electron chi connectivity index (χ4n) is 6.60. The lowest BCUT2D eigenvalue weighted by Crippen LogP contribution is -2.24. The molecule has 0 fully saturated rings. The van der Waals surface area contributed by atoms with Gasteiger partial charge in [0.2, 0.25) is 0 Å². The van der Waals surface area contributed by atoms with Gasteiger partial charge >= 0.3 is 0 Å². The maximum Gasteiger partial charge on any atom is 0.143 e. The number of furan rings is 1. The van der Waals surface area contributed by atoms with Gasteiger partial charge in [-0.25, -0.2) is 0 Å². The molecule has 4 nitrogen and oxygen atoms in total. The van der Waals surface area contributed by atoms with Crippen LogP contribution in [0.1, 0.15) is 0 Å². The molecule has 212 valence electrons. The second kappa shape index (κ2) is 10.2. The van der Waals surface area contributed by atoms with Gasteiger partial charge in [-0.2, -0.15) is 0 Å². The third-order valence-corrected chi connectivity index (χ3v) is 8.70. The summed E-state index contributed by atoms with van der Waals surface area (Å²) in [6, 6.07) is 53.3. The first kappa shape index (κ1) is 25.4. The van der Waals surface area contributed by atoms with Crippen molar-refractivity contribution >= 4 is 56.1 Å². The summed E-state index contributed by atoms with van der Waals surface area (Å²) in [6.07, 6.45) is 3.82. The largest absolute Gasteiger partial charge is 0.455 e. The Bertz CT molecular complexity index is 2280. The molecule has 1 aliphatic heterocycles. The van der Waals surface area contributed by atoms with E-state index in [1.54, 1.807) is 0 Å². The van der Waals surface area contributed by atoms with E-state index >= 15 is 0 Å². The molecule has 45 heavy (non-hydrogen) atoms. The van der Waals surface area contributed by atoms with Crippen LogP contribution in [0.4, 0.5) is 34.1 Å². The second-order valence-electron chi connectivity index (χ2n) is 11.3. The zero-order chi connectivity index (χ0) is 29.7. The van der Waals surface area contributed by atoms with Crippen LogP contribution in [0.5, 0.6) is 0 Å². The number of nitrogens with zero attached hydrogens (tertiary/aromatic N) is 3. The minimum Gasteiger partial charge on any atom is -0.455 e. The second-order valence-corrected chi connectivity index (χ2v) is 11.3. The lowest BCUT2D eigenvalue weighted by molar-refractivity contribution is 0.670. The van der Waals surface area contributed by atoms with Gasteiger partial charge in [0.1, 0.15) is 11.2 Å². The predicted molar refractivity (Wildman–Crippen MR) is 185 cm³/mol. The molecule has 0 saturated carbocycles. The Morgan fingerprint density at radius 3 is 1.78 bits per heavy atom. The van der Waals surface area contributed by atoms with E-state index in [9.17, 15) is 0 Å². The lowest BCUT2D eigenvalue weighted by Gasteiger charge is -2.40. The maximum absolute atomic E-state index is 6.29. The average molecular weight is 578 g/mol. The molecule has 3 heterocycles.